The summed E-state index contributed by atoms with van der Waals surface area (Å²) < 4.78 is 17.5. The first-order valence-corrected chi connectivity index (χ1v) is 8.42. The number of aromatic nitrogens is 5. The Morgan fingerprint density at radius 2 is 2.08 bits per heavy atom. The third-order valence-corrected chi connectivity index (χ3v) is 4.23. The van der Waals surface area contributed by atoms with E-state index >= 15 is 0 Å². The van der Waals surface area contributed by atoms with E-state index in [0.29, 0.717) is 12.2 Å². The van der Waals surface area contributed by atoms with E-state index in [4.69, 9.17) is 0 Å². The second-order valence-electron chi connectivity index (χ2n) is 6.17. The fraction of sp³-hybridized carbons (Fsp3) is 0.333. The van der Waals surface area contributed by atoms with E-state index in [-0.39, 0.29) is 17.3 Å². The van der Waals surface area contributed by atoms with Crippen LogP contribution in [0.1, 0.15) is 34.0 Å². The molecule has 1 amide bonds. The number of carbonyl (C=O) groups is 1. The molecule has 0 saturated heterocycles. The van der Waals surface area contributed by atoms with Crippen LogP contribution in [0.5, 0.6) is 0 Å². The van der Waals surface area contributed by atoms with Crippen molar-refractivity contribution in [1.29, 1.82) is 0 Å². The Balaban J connectivity index is 1.63. The zero-order chi connectivity index (χ0) is 18.7. The van der Waals surface area contributed by atoms with Gasteiger partial charge in [-0.3, -0.25) is 4.79 Å². The van der Waals surface area contributed by atoms with Crippen LogP contribution in [0.2, 0.25) is 0 Å². The molecule has 0 atom stereocenters. The van der Waals surface area contributed by atoms with Crippen molar-refractivity contribution in [2.24, 2.45) is 0 Å². The predicted molar refractivity (Wildman–Crippen MR) is 94.7 cm³/mol. The Hall–Kier alpha value is -3.03. The van der Waals surface area contributed by atoms with Crippen molar-refractivity contribution in [3.63, 3.8) is 0 Å². The van der Waals surface area contributed by atoms with E-state index < -0.39 is 5.82 Å². The normalized spacial score (nSPS) is 10.9. The standard InChI is InChI=1S/C18H21FN6O/c1-12-5-6-16(15(19)11-12)25-13(2)17(22-23-25)18(26)21-7-4-9-24-10-8-20-14(24)3/h5-6,8,10-11H,4,7,9H2,1-3H3,(H,21,26). The smallest absolute Gasteiger partial charge is 0.273 e. The minimum Gasteiger partial charge on any atom is -0.351 e. The molecule has 2 heterocycles. The molecule has 1 aromatic carbocycles. The second kappa shape index (κ2) is 7.47. The zero-order valence-corrected chi connectivity index (χ0v) is 15.0. The van der Waals surface area contributed by atoms with E-state index in [1.54, 1.807) is 25.3 Å². The van der Waals surface area contributed by atoms with Gasteiger partial charge >= 0.3 is 0 Å². The van der Waals surface area contributed by atoms with E-state index in [9.17, 15) is 9.18 Å². The van der Waals surface area contributed by atoms with Gasteiger partial charge in [-0.05, 0) is 44.9 Å². The van der Waals surface area contributed by atoms with Gasteiger partial charge in [0.15, 0.2) is 5.69 Å². The largest absolute Gasteiger partial charge is 0.351 e. The first kappa shape index (κ1) is 17.8. The maximum Gasteiger partial charge on any atom is 0.273 e. The molecule has 26 heavy (non-hydrogen) atoms. The number of rotatable bonds is 6. The molecule has 2 aromatic heterocycles. The molecule has 3 rings (SSSR count). The fourth-order valence-electron chi connectivity index (χ4n) is 2.73. The molecule has 1 N–H and O–H groups in total. The number of aryl methyl sites for hydroxylation is 3. The first-order valence-electron chi connectivity index (χ1n) is 8.42. The lowest BCUT2D eigenvalue weighted by atomic mass is 10.2. The Kier molecular flexibility index (Phi) is 5.11. The van der Waals surface area contributed by atoms with Gasteiger partial charge in [0.2, 0.25) is 0 Å². The molecule has 0 spiro atoms. The van der Waals surface area contributed by atoms with Crippen LogP contribution in [0, 0.1) is 26.6 Å². The van der Waals surface area contributed by atoms with Crippen molar-refractivity contribution >= 4 is 5.91 Å². The quantitative estimate of drug-likeness (QED) is 0.688. The van der Waals surface area contributed by atoms with Crippen LogP contribution >= 0.6 is 0 Å². The summed E-state index contributed by atoms with van der Waals surface area (Å²) in [6.07, 6.45) is 4.42. The van der Waals surface area contributed by atoms with Gasteiger partial charge in [0.25, 0.3) is 5.91 Å². The summed E-state index contributed by atoms with van der Waals surface area (Å²) in [5.41, 5.74) is 1.78. The SMILES string of the molecule is Cc1ccc(-n2nnc(C(=O)NCCCn3ccnc3C)c2C)c(F)c1. The van der Waals surface area contributed by atoms with Crippen LogP contribution in [0.15, 0.2) is 30.6 Å². The Morgan fingerprint density at radius 1 is 1.27 bits per heavy atom. The van der Waals surface area contributed by atoms with Gasteiger partial charge in [0, 0.05) is 25.5 Å². The van der Waals surface area contributed by atoms with E-state index in [0.717, 1.165) is 24.4 Å². The summed E-state index contributed by atoms with van der Waals surface area (Å²) in [6.45, 7) is 6.72. The van der Waals surface area contributed by atoms with Gasteiger partial charge < -0.3 is 9.88 Å². The molecule has 0 fully saturated rings. The van der Waals surface area contributed by atoms with Crippen LogP contribution < -0.4 is 5.32 Å². The molecule has 0 aliphatic carbocycles. The lowest BCUT2D eigenvalue weighted by molar-refractivity contribution is 0.0947. The van der Waals surface area contributed by atoms with E-state index in [1.165, 1.54) is 10.7 Å². The number of amides is 1. The van der Waals surface area contributed by atoms with Crippen molar-refractivity contribution in [3.05, 3.63) is 59.2 Å². The summed E-state index contributed by atoms with van der Waals surface area (Å²) in [7, 11) is 0. The average molecular weight is 356 g/mol. The first-order chi connectivity index (χ1) is 12.5. The van der Waals surface area contributed by atoms with Crippen LogP contribution in [0.4, 0.5) is 4.39 Å². The summed E-state index contributed by atoms with van der Waals surface area (Å²) in [5, 5.41) is 10.7. The fourth-order valence-corrected chi connectivity index (χ4v) is 2.73. The highest BCUT2D eigenvalue weighted by Gasteiger charge is 2.18. The molecule has 0 bridgehead atoms. The summed E-state index contributed by atoms with van der Waals surface area (Å²) in [6, 6.07) is 4.84. The van der Waals surface area contributed by atoms with Gasteiger partial charge in [0.1, 0.15) is 17.3 Å². The molecule has 0 saturated carbocycles. The van der Waals surface area contributed by atoms with E-state index in [2.05, 4.69) is 20.6 Å². The number of nitrogens with zero attached hydrogens (tertiary/aromatic N) is 5. The van der Waals surface area contributed by atoms with Crippen LogP contribution in [0.25, 0.3) is 5.69 Å². The molecule has 0 radical (unpaired) electrons. The van der Waals surface area contributed by atoms with Crippen LogP contribution in [0.3, 0.4) is 0 Å². The van der Waals surface area contributed by atoms with Crippen molar-refractivity contribution < 1.29 is 9.18 Å². The topological polar surface area (TPSA) is 77.6 Å². The maximum absolute atomic E-state index is 14.1. The van der Waals surface area contributed by atoms with E-state index in [1.807, 2.05) is 24.6 Å². The molecule has 0 unspecified atom stereocenters. The molecule has 8 heteroatoms. The molecule has 136 valence electrons. The number of carbonyl (C=O) groups excluding carboxylic acids is 1. The monoisotopic (exact) mass is 356 g/mol. The highest BCUT2D eigenvalue weighted by molar-refractivity contribution is 5.93. The highest BCUT2D eigenvalue weighted by atomic mass is 19.1. The van der Waals surface area contributed by atoms with Crippen molar-refractivity contribution in [2.45, 2.75) is 33.7 Å². The van der Waals surface area contributed by atoms with Crippen LogP contribution in [-0.4, -0.2) is 37.0 Å². The van der Waals surface area contributed by atoms with Crippen molar-refractivity contribution in [1.82, 2.24) is 29.9 Å². The summed E-state index contributed by atoms with van der Waals surface area (Å²) >= 11 is 0. The van der Waals surface area contributed by atoms with Crippen LogP contribution in [-0.2, 0) is 6.54 Å². The van der Waals surface area contributed by atoms with Crippen molar-refractivity contribution in [2.75, 3.05) is 6.54 Å². The maximum atomic E-state index is 14.1. The highest BCUT2D eigenvalue weighted by Crippen LogP contribution is 2.17. The molecular weight excluding hydrogens is 335 g/mol. The lowest BCUT2D eigenvalue weighted by Gasteiger charge is -2.07. The Labute approximate surface area is 150 Å². The van der Waals surface area contributed by atoms with Gasteiger partial charge in [0.05, 0.1) is 5.69 Å². The molecule has 0 aliphatic rings. The second-order valence-corrected chi connectivity index (χ2v) is 6.17. The minimum atomic E-state index is -0.402. The number of hydrogen-bond donors (Lipinski definition) is 1. The third kappa shape index (κ3) is 3.63. The zero-order valence-electron chi connectivity index (χ0n) is 15.0. The molecule has 7 nitrogen and oxygen atoms in total. The molecular formula is C18H21FN6O. The summed E-state index contributed by atoms with van der Waals surface area (Å²) in [5.74, 6) is 0.222. The number of benzene rings is 1. The number of halogens is 1. The van der Waals surface area contributed by atoms with Gasteiger partial charge in [-0.25, -0.2) is 14.1 Å². The Morgan fingerprint density at radius 3 is 2.77 bits per heavy atom. The Bertz CT molecular complexity index is 930. The van der Waals surface area contributed by atoms with Gasteiger partial charge in [-0.1, -0.05) is 11.3 Å². The third-order valence-electron chi connectivity index (χ3n) is 4.23. The predicted octanol–water partition coefficient (Wildman–Crippen LogP) is 2.35. The van der Waals surface area contributed by atoms with Gasteiger partial charge in [-0.15, -0.1) is 5.10 Å². The average Bonchev–Trinajstić information content (AvgIpc) is 3.18. The molecule has 0 aliphatic heterocycles. The molecule has 3 aromatic rings. The summed E-state index contributed by atoms with van der Waals surface area (Å²) in [4.78, 5) is 16.5. The number of hydrogen-bond acceptors (Lipinski definition) is 4. The number of imidazole rings is 1. The minimum absolute atomic E-state index is 0.198. The van der Waals surface area contributed by atoms with Crippen molar-refractivity contribution in [3.8, 4) is 5.69 Å². The lowest BCUT2D eigenvalue weighted by Crippen LogP contribution is -2.26. The van der Waals surface area contributed by atoms with Gasteiger partial charge in [-0.2, -0.15) is 0 Å². The number of nitrogens with one attached hydrogen (secondary N) is 1.